The molecule has 1 N–H and O–H groups in total. The molecule has 0 aliphatic carbocycles. The van der Waals surface area contributed by atoms with Gasteiger partial charge in [0.05, 0.1) is 5.70 Å². The predicted molar refractivity (Wildman–Crippen MR) is 112 cm³/mol. The van der Waals surface area contributed by atoms with Crippen molar-refractivity contribution in [3.05, 3.63) is 100 Å². The number of aromatic nitrogens is 5. The minimum atomic E-state index is -0.501. The lowest BCUT2D eigenvalue weighted by atomic mass is 9.85. The van der Waals surface area contributed by atoms with Gasteiger partial charge in [-0.15, -0.1) is 0 Å². The van der Waals surface area contributed by atoms with Gasteiger partial charge in [-0.3, -0.25) is 4.98 Å². The topological polar surface area (TPSA) is 77.8 Å². The van der Waals surface area contributed by atoms with E-state index in [0.29, 0.717) is 16.7 Å². The van der Waals surface area contributed by atoms with Crippen molar-refractivity contribution < 1.29 is 9.13 Å². The maximum atomic E-state index is 13.6. The second-order valence-corrected chi connectivity index (χ2v) is 7.72. The Balaban J connectivity index is 1.64. The molecule has 2 aromatic carbocycles. The monoisotopic (exact) mass is 432 g/mol. The third-order valence-corrected chi connectivity index (χ3v) is 5.70. The van der Waals surface area contributed by atoms with Crippen LogP contribution in [-0.4, -0.2) is 25.2 Å². The lowest BCUT2D eigenvalue weighted by Crippen LogP contribution is -2.32. The summed E-state index contributed by atoms with van der Waals surface area (Å²) in [6.45, 7) is 0. The van der Waals surface area contributed by atoms with Crippen molar-refractivity contribution in [2.75, 3.05) is 5.32 Å². The van der Waals surface area contributed by atoms with Crippen molar-refractivity contribution in [2.45, 2.75) is 12.1 Å². The van der Waals surface area contributed by atoms with Gasteiger partial charge in [-0.2, -0.15) is 4.68 Å². The molecule has 31 heavy (non-hydrogen) atoms. The first-order valence-electron chi connectivity index (χ1n) is 9.60. The van der Waals surface area contributed by atoms with Crippen LogP contribution in [0, 0.1) is 5.82 Å². The molecular formula is C22H14ClFN6O. The normalized spacial score (nSPS) is 19.0. The zero-order valence-corrected chi connectivity index (χ0v) is 16.7. The van der Waals surface area contributed by atoms with Gasteiger partial charge in [-0.05, 0) is 58.0 Å². The van der Waals surface area contributed by atoms with Crippen molar-refractivity contribution in [3.63, 3.8) is 0 Å². The highest BCUT2D eigenvalue weighted by atomic mass is 35.5. The fourth-order valence-electron chi connectivity index (χ4n) is 4.13. The Bertz CT molecular complexity index is 1320. The smallest absolute Gasteiger partial charge is 0.248 e. The van der Waals surface area contributed by atoms with Crippen molar-refractivity contribution in [2.24, 2.45) is 0 Å². The summed E-state index contributed by atoms with van der Waals surface area (Å²) in [6, 6.07) is 15.2. The molecule has 0 bridgehead atoms. The van der Waals surface area contributed by atoms with Gasteiger partial charge in [0.15, 0.2) is 0 Å². The molecule has 0 radical (unpaired) electrons. The van der Waals surface area contributed by atoms with E-state index < -0.39 is 6.10 Å². The molecular weight excluding hydrogens is 419 g/mol. The Kier molecular flexibility index (Phi) is 4.00. The van der Waals surface area contributed by atoms with Gasteiger partial charge in [-0.1, -0.05) is 34.9 Å². The number of benzene rings is 2. The predicted octanol–water partition coefficient (Wildman–Crippen LogP) is 4.42. The Hall–Kier alpha value is -3.78. The van der Waals surface area contributed by atoms with Crippen LogP contribution in [0.4, 0.5) is 10.3 Å². The van der Waals surface area contributed by atoms with Crippen LogP contribution in [0.25, 0.3) is 5.70 Å². The molecule has 2 atom stereocenters. The first-order valence-corrected chi connectivity index (χ1v) is 9.98. The molecule has 0 amide bonds. The standard InChI is InChI=1S/C22H14ClFN6O/c23-14-5-8-17-16(10-14)19-18(21(31-17)12-3-6-15(24)7-4-12)20(13-2-1-9-25-11-13)30-22(26-19)27-28-29-30/h1-11,20-21H,(H,26,27,29). The van der Waals surface area contributed by atoms with Crippen LogP contribution >= 0.6 is 11.6 Å². The van der Waals surface area contributed by atoms with Crippen molar-refractivity contribution >= 4 is 23.2 Å². The largest absolute Gasteiger partial charge is 0.480 e. The minimum absolute atomic E-state index is 0.311. The van der Waals surface area contributed by atoms with E-state index in [1.807, 2.05) is 24.3 Å². The molecule has 4 heterocycles. The van der Waals surface area contributed by atoms with E-state index >= 15 is 0 Å². The Morgan fingerprint density at radius 1 is 1.06 bits per heavy atom. The van der Waals surface area contributed by atoms with Crippen LogP contribution in [-0.2, 0) is 0 Å². The molecule has 2 aromatic heterocycles. The lowest BCUT2D eigenvalue weighted by Gasteiger charge is -2.38. The molecule has 9 heteroatoms. The molecule has 2 aliphatic rings. The van der Waals surface area contributed by atoms with E-state index in [4.69, 9.17) is 16.3 Å². The highest BCUT2D eigenvalue weighted by Crippen LogP contribution is 2.50. The quantitative estimate of drug-likeness (QED) is 0.505. The van der Waals surface area contributed by atoms with Gasteiger partial charge in [0.25, 0.3) is 0 Å². The number of ether oxygens (including phenoxy) is 1. The summed E-state index contributed by atoms with van der Waals surface area (Å²) in [4.78, 5) is 4.29. The van der Waals surface area contributed by atoms with E-state index in [1.54, 1.807) is 35.3 Å². The fourth-order valence-corrected chi connectivity index (χ4v) is 4.31. The van der Waals surface area contributed by atoms with Crippen LogP contribution in [0.2, 0.25) is 5.02 Å². The Morgan fingerprint density at radius 2 is 1.94 bits per heavy atom. The van der Waals surface area contributed by atoms with E-state index in [0.717, 1.165) is 28.0 Å². The SMILES string of the molecule is Fc1ccc(C2Oc3ccc(Cl)cc3C3=C2C(c2cccnc2)n2nnnc2N3)cc1. The van der Waals surface area contributed by atoms with Crippen molar-refractivity contribution in [3.8, 4) is 5.75 Å². The number of anilines is 1. The Morgan fingerprint density at radius 3 is 2.74 bits per heavy atom. The van der Waals surface area contributed by atoms with Crippen LogP contribution in [0.5, 0.6) is 5.75 Å². The summed E-state index contributed by atoms with van der Waals surface area (Å²) < 4.78 is 21.8. The van der Waals surface area contributed by atoms with Gasteiger partial charge in [0.1, 0.15) is 23.7 Å². The number of halogens is 2. The molecule has 0 fully saturated rings. The molecule has 0 spiro atoms. The highest BCUT2D eigenvalue weighted by Gasteiger charge is 2.41. The zero-order valence-electron chi connectivity index (χ0n) is 15.9. The second-order valence-electron chi connectivity index (χ2n) is 7.28. The van der Waals surface area contributed by atoms with E-state index in [9.17, 15) is 4.39 Å². The third-order valence-electron chi connectivity index (χ3n) is 5.47. The zero-order chi connectivity index (χ0) is 20.9. The number of hydrogen-bond donors (Lipinski definition) is 1. The number of nitrogens with zero attached hydrogens (tertiary/aromatic N) is 5. The number of pyridine rings is 1. The van der Waals surface area contributed by atoms with Gasteiger partial charge in [0.2, 0.25) is 5.95 Å². The molecule has 152 valence electrons. The number of fused-ring (bicyclic) bond motifs is 3. The van der Waals surface area contributed by atoms with Gasteiger partial charge < -0.3 is 10.1 Å². The number of nitrogens with one attached hydrogen (secondary N) is 1. The number of hydrogen-bond acceptors (Lipinski definition) is 6. The summed E-state index contributed by atoms with van der Waals surface area (Å²) >= 11 is 6.31. The molecule has 6 rings (SSSR count). The van der Waals surface area contributed by atoms with Crippen LogP contribution in [0.3, 0.4) is 0 Å². The third kappa shape index (κ3) is 2.87. The molecule has 0 saturated carbocycles. The van der Waals surface area contributed by atoms with Gasteiger partial charge >= 0.3 is 0 Å². The molecule has 7 nitrogen and oxygen atoms in total. The van der Waals surface area contributed by atoms with Gasteiger partial charge in [-0.25, -0.2) is 4.39 Å². The van der Waals surface area contributed by atoms with Crippen molar-refractivity contribution in [1.29, 1.82) is 0 Å². The first-order chi connectivity index (χ1) is 15.2. The van der Waals surface area contributed by atoms with Crippen LogP contribution < -0.4 is 10.1 Å². The summed E-state index contributed by atoms with van der Waals surface area (Å²) in [7, 11) is 0. The molecule has 2 aliphatic heterocycles. The lowest BCUT2D eigenvalue weighted by molar-refractivity contribution is 0.222. The molecule has 2 unspecified atom stereocenters. The summed E-state index contributed by atoms with van der Waals surface area (Å²) in [5.41, 5.74) is 4.21. The molecule has 4 aromatic rings. The maximum Gasteiger partial charge on any atom is 0.248 e. The number of tetrazole rings is 1. The summed E-state index contributed by atoms with van der Waals surface area (Å²) in [5, 5.41) is 16.1. The summed E-state index contributed by atoms with van der Waals surface area (Å²) in [5.74, 6) is 0.850. The van der Waals surface area contributed by atoms with E-state index in [2.05, 4.69) is 25.8 Å². The number of rotatable bonds is 2. The minimum Gasteiger partial charge on any atom is -0.480 e. The Labute approximate surface area is 181 Å². The highest BCUT2D eigenvalue weighted by molar-refractivity contribution is 6.30. The van der Waals surface area contributed by atoms with Gasteiger partial charge in [0, 0.05) is 28.6 Å². The van der Waals surface area contributed by atoms with Crippen LogP contribution in [0.15, 0.2) is 72.6 Å². The van der Waals surface area contributed by atoms with Crippen molar-refractivity contribution in [1.82, 2.24) is 25.2 Å². The van der Waals surface area contributed by atoms with Crippen LogP contribution in [0.1, 0.15) is 28.8 Å². The average Bonchev–Trinajstić information content (AvgIpc) is 3.27. The first kappa shape index (κ1) is 18.0. The maximum absolute atomic E-state index is 13.6. The summed E-state index contributed by atoms with van der Waals surface area (Å²) in [6.07, 6.45) is 2.99. The second kappa shape index (κ2) is 6.88. The van der Waals surface area contributed by atoms with E-state index in [1.165, 1.54) is 12.1 Å². The molecule has 0 saturated heterocycles. The average molecular weight is 433 g/mol. The fraction of sp³-hybridized carbons (Fsp3) is 0.0909. The van der Waals surface area contributed by atoms with E-state index in [-0.39, 0.29) is 11.9 Å².